The molecular weight excluding hydrogens is 418 g/mol. The fraction of sp³-hybridized carbons (Fsp3) is 0.200. The SMILES string of the molecule is O=C(c1ccccc1N1CCOCC1)n1ccc(-c2cccn(Cc3ccccn3)c2=O)n1. The molecule has 1 aromatic carbocycles. The van der Waals surface area contributed by atoms with Gasteiger partial charge in [-0.05, 0) is 42.5 Å². The largest absolute Gasteiger partial charge is 0.378 e. The zero-order valence-electron chi connectivity index (χ0n) is 18.0. The van der Waals surface area contributed by atoms with Gasteiger partial charge in [-0.25, -0.2) is 4.68 Å². The van der Waals surface area contributed by atoms with Crippen molar-refractivity contribution in [2.75, 3.05) is 31.2 Å². The fourth-order valence-electron chi connectivity index (χ4n) is 3.96. The maximum absolute atomic E-state index is 13.3. The van der Waals surface area contributed by atoms with Gasteiger partial charge in [0.15, 0.2) is 0 Å². The van der Waals surface area contributed by atoms with E-state index >= 15 is 0 Å². The van der Waals surface area contributed by atoms with E-state index in [1.165, 1.54) is 4.68 Å². The smallest absolute Gasteiger partial charge is 0.280 e. The molecule has 1 saturated heterocycles. The molecule has 166 valence electrons. The Morgan fingerprint density at radius 2 is 1.76 bits per heavy atom. The predicted molar refractivity (Wildman–Crippen MR) is 124 cm³/mol. The third-order valence-corrected chi connectivity index (χ3v) is 5.64. The molecular formula is C25H23N5O3. The second-order valence-corrected chi connectivity index (χ2v) is 7.74. The van der Waals surface area contributed by atoms with Gasteiger partial charge in [0.05, 0.1) is 42.3 Å². The highest BCUT2D eigenvalue weighted by Crippen LogP contribution is 2.23. The molecule has 0 radical (unpaired) electrons. The van der Waals surface area contributed by atoms with Crippen molar-refractivity contribution in [3.8, 4) is 11.3 Å². The van der Waals surface area contributed by atoms with Crippen LogP contribution in [0.15, 0.2) is 84.0 Å². The van der Waals surface area contributed by atoms with Gasteiger partial charge >= 0.3 is 0 Å². The lowest BCUT2D eigenvalue weighted by Gasteiger charge is -2.30. The van der Waals surface area contributed by atoms with Gasteiger partial charge in [-0.15, -0.1) is 0 Å². The second-order valence-electron chi connectivity index (χ2n) is 7.74. The molecule has 0 N–H and O–H groups in total. The van der Waals surface area contributed by atoms with Gasteiger partial charge in [-0.3, -0.25) is 14.6 Å². The first-order chi connectivity index (χ1) is 16.2. The average Bonchev–Trinajstić information content (AvgIpc) is 3.36. The Hall–Kier alpha value is -4.04. The third kappa shape index (κ3) is 4.33. The van der Waals surface area contributed by atoms with Gasteiger partial charge in [0.25, 0.3) is 11.5 Å². The summed E-state index contributed by atoms with van der Waals surface area (Å²) < 4.78 is 8.32. The summed E-state index contributed by atoms with van der Waals surface area (Å²) in [4.78, 5) is 32.8. The number of aromatic nitrogens is 4. The summed E-state index contributed by atoms with van der Waals surface area (Å²) in [5.41, 5.74) is 2.91. The van der Waals surface area contributed by atoms with Crippen molar-refractivity contribution in [3.05, 3.63) is 101 Å². The van der Waals surface area contributed by atoms with E-state index in [4.69, 9.17) is 4.74 Å². The lowest BCUT2D eigenvalue weighted by molar-refractivity contribution is 0.0944. The first kappa shape index (κ1) is 20.8. The van der Waals surface area contributed by atoms with E-state index in [0.717, 1.165) is 24.5 Å². The number of carbonyl (C=O) groups is 1. The highest BCUT2D eigenvalue weighted by Gasteiger charge is 2.20. The normalized spacial score (nSPS) is 13.8. The molecule has 5 rings (SSSR count). The predicted octanol–water partition coefficient (Wildman–Crippen LogP) is 2.68. The maximum Gasteiger partial charge on any atom is 0.280 e. The summed E-state index contributed by atoms with van der Waals surface area (Å²) in [6.07, 6.45) is 5.02. The molecule has 0 atom stereocenters. The number of pyridine rings is 2. The summed E-state index contributed by atoms with van der Waals surface area (Å²) in [7, 11) is 0. The van der Waals surface area contributed by atoms with Gasteiger partial charge in [0.1, 0.15) is 0 Å². The lowest BCUT2D eigenvalue weighted by atomic mass is 10.1. The number of morpholine rings is 1. The summed E-state index contributed by atoms with van der Waals surface area (Å²) in [6.45, 7) is 3.09. The van der Waals surface area contributed by atoms with Crippen LogP contribution in [0.3, 0.4) is 0 Å². The van der Waals surface area contributed by atoms with Crippen molar-refractivity contribution < 1.29 is 9.53 Å². The minimum Gasteiger partial charge on any atom is -0.378 e. The van der Waals surface area contributed by atoms with Crippen molar-refractivity contribution in [2.45, 2.75) is 6.54 Å². The minimum atomic E-state index is -0.243. The number of ether oxygens (including phenoxy) is 1. The van der Waals surface area contributed by atoms with E-state index in [0.29, 0.717) is 36.6 Å². The number of para-hydroxylation sites is 1. The number of rotatable bonds is 5. The summed E-state index contributed by atoms with van der Waals surface area (Å²) >= 11 is 0. The van der Waals surface area contributed by atoms with Crippen LogP contribution in [0.5, 0.6) is 0 Å². The third-order valence-electron chi connectivity index (χ3n) is 5.64. The van der Waals surface area contributed by atoms with E-state index in [1.807, 2.05) is 36.4 Å². The van der Waals surface area contributed by atoms with Gasteiger partial charge in [0, 0.05) is 37.4 Å². The maximum atomic E-state index is 13.3. The van der Waals surface area contributed by atoms with E-state index < -0.39 is 0 Å². The Bertz CT molecular complexity index is 1320. The van der Waals surface area contributed by atoms with Gasteiger partial charge in [0.2, 0.25) is 0 Å². The van der Waals surface area contributed by atoms with Crippen molar-refractivity contribution in [2.24, 2.45) is 0 Å². The fourth-order valence-corrected chi connectivity index (χ4v) is 3.96. The number of hydrogen-bond acceptors (Lipinski definition) is 6. The molecule has 33 heavy (non-hydrogen) atoms. The average molecular weight is 441 g/mol. The summed E-state index contributed by atoms with van der Waals surface area (Å²) in [5, 5.41) is 4.45. The molecule has 4 heterocycles. The van der Waals surface area contributed by atoms with Crippen LogP contribution in [0.2, 0.25) is 0 Å². The summed E-state index contributed by atoms with van der Waals surface area (Å²) in [5.74, 6) is -0.243. The number of anilines is 1. The molecule has 1 aliphatic rings. The van der Waals surface area contributed by atoms with Gasteiger partial charge in [-0.1, -0.05) is 18.2 Å². The molecule has 0 aliphatic carbocycles. The van der Waals surface area contributed by atoms with E-state index in [1.54, 1.807) is 47.4 Å². The zero-order valence-corrected chi connectivity index (χ0v) is 18.0. The molecule has 0 amide bonds. The van der Waals surface area contributed by atoms with Gasteiger partial charge in [-0.2, -0.15) is 5.10 Å². The monoisotopic (exact) mass is 441 g/mol. The summed E-state index contributed by atoms with van der Waals surface area (Å²) in [6, 6.07) is 18.3. The van der Waals surface area contributed by atoms with Crippen molar-refractivity contribution in [1.82, 2.24) is 19.3 Å². The van der Waals surface area contributed by atoms with Gasteiger partial charge < -0.3 is 14.2 Å². The van der Waals surface area contributed by atoms with Crippen LogP contribution in [-0.4, -0.2) is 51.5 Å². The van der Waals surface area contributed by atoms with E-state index in [9.17, 15) is 9.59 Å². The molecule has 0 saturated carbocycles. The first-order valence-electron chi connectivity index (χ1n) is 10.8. The van der Waals surface area contributed by atoms with Crippen molar-refractivity contribution in [3.63, 3.8) is 0 Å². The van der Waals surface area contributed by atoms with Crippen molar-refractivity contribution in [1.29, 1.82) is 0 Å². The highest BCUT2D eigenvalue weighted by molar-refractivity contribution is 6.01. The topological polar surface area (TPSA) is 82.2 Å². The van der Waals surface area contributed by atoms with Crippen LogP contribution in [0.4, 0.5) is 5.69 Å². The van der Waals surface area contributed by atoms with Crippen LogP contribution in [0.1, 0.15) is 16.1 Å². The number of hydrogen-bond donors (Lipinski definition) is 0. The van der Waals surface area contributed by atoms with Crippen LogP contribution in [0.25, 0.3) is 11.3 Å². The second kappa shape index (κ2) is 9.22. The molecule has 8 heteroatoms. The van der Waals surface area contributed by atoms with Crippen molar-refractivity contribution >= 4 is 11.6 Å². The molecule has 1 fully saturated rings. The molecule has 0 bridgehead atoms. The molecule has 0 spiro atoms. The molecule has 8 nitrogen and oxygen atoms in total. The molecule has 4 aromatic rings. The molecule has 1 aliphatic heterocycles. The lowest BCUT2D eigenvalue weighted by Crippen LogP contribution is -2.37. The number of carbonyl (C=O) groups excluding carboxylic acids is 1. The Morgan fingerprint density at radius 1 is 0.939 bits per heavy atom. The Morgan fingerprint density at radius 3 is 2.58 bits per heavy atom. The molecule has 3 aromatic heterocycles. The quantitative estimate of drug-likeness (QED) is 0.474. The Kier molecular flexibility index (Phi) is 5.82. The minimum absolute atomic E-state index is 0.186. The molecule has 0 unspecified atom stereocenters. The van der Waals surface area contributed by atoms with Crippen LogP contribution in [-0.2, 0) is 11.3 Å². The Labute approximate surface area is 190 Å². The van der Waals surface area contributed by atoms with Crippen LogP contribution >= 0.6 is 0 Å². The Balaban J connectivity index is 1.43. The van der Waals surface area contributed by atoms with Crippen LogP contribution < -0.4 is 10.5 Å². The van der Waals surface area contributed by atoms with E-state index in [-0.39, 0.29) is 11.5 Å². The zero-order chi connectivity index (χ0) is 22.6. The van der Waals surface area contributed by atoms with Crippen LogP contribution in [0, 0.1) is 0 Å². The first-order valence-corrected chi connectivity index (χ1v) is 10.8. The van der Waals surface area contributed by atoms with E-state index in [2.05, 4.69) is 15.0 Å². The highest BCUT2D eigenvalue weighted by atomic mass is 16.5. The number of benzene rings is 1. The number of nitrogens with zero attached hydrogens (tertiary/aromatic N) is 5. The standard InChI is InChI=1S/C25H23N5O3/c31-24-20(8-5-12-29(24)18-19-6-3-4-11-26-19)22-10-13-30(27-22)25(32)21-7-1-2-9-23(21)28-14-16-33-17-15-28/h1-13H,14-18H2.